The molecule has 7 aromatic carbocycles. The van der Waals surface area contributed by atoms with E-state index in [0.29, 0.717) is 73.4 Å². The highest BCUT2D eigenvalue weighted by Crippen LogP contribution is 2.46. The molecule has 12 rings (SSSR count). The molecule has 7 aromatic rings. The van der Waals surface area contributed by atoms with Crippen LogP contribution in [0.5, 0.6) is 11.5 Å². The summed E-state index contributed by atoms with van der Waals surface area (Å²) in [7, 11) is -0.831. The van der Waals surface area contributed by atoms with Crippen LogP contribution in [0.1, 0.15) is 72.8 Å². The van der Waals surface area contributed by atoms with Crippen LogP contribution in [0.15, 0.2) is 197 Å². The van der Waals surface area contributed by atoms with Gasteiger partial charge in [0.15, 0.2) is 6.54 Å². The minimum Gasteiger partial charge on any atom is -1.00 e. The van der Waals surface area contributed by atoms with Gasteiger partial charge in [-0.05, 0) is 109 Å². The van der Waals surface area contributed by atoms with Gasteiger partial charge in [0, 0.05) is 102 Å². The summed E-state index contributed by atoms with van der Waals surface area (Å²) < 4.78 is 70.2. The zero-order valence-electron chi connectivity index (χ0n) is 51.1. The van der Waals surface area contributed by atoms with Gasteiger partial charge in [-0.25, -0.2) is 18.0 Å². The summed E-state index contributed by atoms with van der Waals surface area (Å²) in [5.41, 5.74) is 10.2. The van der Waals surface area contributed by atoms with Crippen LogP contribution >= 0.6 is 0 Å². The number of methoxy groups -OCH3 is 2. The largest absolute Gasteiger partial charge is 1.00 e. The van der Waals surface area contributed by atoms with E-state index in [4.69, 9.17) is 33.2 Å². The number of Topliss-reactive ketones (excluding diaryl/α,β-unsaturated/α-hetero) is 1. The van der Waals surface area contributed by atoms with E-state index in [2.05, 4.69) is 94.4 Å². The second-order valence-electron chi connectivity index (χ2n) is 23.4. The first-order valence-electron chi connectivity index (χ1n) is 31.0. The Morgan fingerprint density at radius 1 is 0.670 bits per heavy atom. The number of benzene rings is 8. The molecule has 1 unspecified atom stereocenters. The molecule has 1 N–H and O–H groups in total. The number of para-hydroxylation sites is 2. The Kier molecular flexibility index (Phi) is 20.1. The third-order valence-electron chi connectivity index (χ3n) is 17.9. The van der Waals surface area contributed by atoms with Crippen molar-refractivity contribution < 1.29 is 68.4 Å². The number of esters is 1. The number of unbranched alkanes of at least 4 members (excludes halogenated alkanes) is 2. The molecule has 1 saturated heterocycles. The van der Waals surface area contributed by atoms with Crippen molar-refractivity contribution in [2.45, 2.75) is 68.3 Å². The number of fused-ring (bicyclic) bond motifs is 4. The van der Waals surface area contributed by atoms with E-state index in [-0.39, 0.29) is 61.2 Å². The maximum atomic E-state index is 15.2. The highest BCUT2D eigenvalue weighted by Gasteiger charge is 2.40. The van der Waals surface area contributed by atoms with Crippen molar-refractivity contribution in [2.75, 3.05) is 71.7 Å². The summed E-state index contributed by atoms with van der Waals surface area (Å²) >= 11 is 0. The molecule has 0 amide bonds. The molecule has 470 valence electrons. The Bertz CT molecular complexity index is 4160. The second-order valence-corrected chi connectivity index (χ2v) is 25.3. The molecule has 0 spiro atoms. The van der Waals surface area contributed by atoms with Gasteiger partial charge in [-0.15, -0.1) is 0 Å². The molecule has 17 heteroatoms. The first-order chi connectivity index (χ1) is 43.9. The summed E-state index contributed by atoms with van der Waals surface area (Å²) in [6.45, 7) is 1.07. The van der Waals surface area contributed by atoms with E-state index in [0.717, 1.165) is 70.2 Å². The van der Waals surface area contributed by atoms with E-state index < -0.39 is 40.8 Å². The Hall–Kier alpha value is -8.64. The number of hydrogen-bond donors (Lipinski definition) is 1. The number of rotatable bonds is 25. The van der Waals surface area contributed by atoms with Crippen LogP contribution in [0.4, 0.5) is 17.1 Å². The number of carboxylic acid groups (broad SMARTS) is 1. The van der Waals surface area contributed by atoms with E-state index in [1.807, 2.05) is 91.0 Å². The lowest BCUT2D eigenvalue weighted by atomic mass is 9.79. The fourth-order valence-electron chi connectivity index (χ4n) is 13.3. The van der Waals surface area contributed by atoms with Crippen molar-refractivity contribution >= 4 is 55.8 Å². The van der Waals surface area contributed by atoms with E-state index >= 15 is 8.42 Å². The molecule has 4 aliphatic heterocycles. The Labute approximate surface area is 537 Å². The number of piperidine rings is 1. The van der Waals surface area contributed by atoms with Crippen molar-refractivity contribution in [3.05, 3.63) is 221 Å². The highest BCUT2D eigenvalue weighted by molar-refractivity contribution is 7.89. The number of nitrogens with zero attached hydrogens (tertiary/aromatic N) is 3. The molecular formula is C74H74ClN3O12S. The summed E-state index contributed by atoms with van der Waals surface area (Å²) in [6.07, 6.45) is 5.64. The Morgan fingerprint density at radius 3 is 2.07 bits per heavy atom. The number of sulfonamides is 1. The van der Waals surface area contributed by atoms with Crippen molar-refractivity contribution in [1.82, 2.24) is 8.88 Å². The number of hydrogen-bond acceptors (Lipinski definition) is 12. The van der Waals surface area contributed by atoms with Crippen LogP contribution in [-0.4, -0.2) is 102 Å². The molecule has 15 nitrogen and oxygen atoms in total. The topological polar surface area (TPSA) is 174 Å². The number of aliphatic carboxylic acids is 1. The zero-order valence-corrected chi connectivity index (χ0v) is 52.7. The first-order valence-corrected chi connectivity index (χ1v) is 32.5. The van der Waals surface area contributed by atoms with E-state index in [1.165, 1.54) is 22.5 Å². The predicted octanol–water partition coefficient (Wildman–Crippen LogP) is 9.77. The lowest BCUT2D eigenvalue weighted by Gasteiger charge is -2.37. The lowest BCUT2D eigenvalue weighted by Crippen LogP contribution is -3.00. The second kappa shape index (κ2) is 28.7. The zero-order chi connectivity index (χ0) is 62.2. The van der Waals surface area contributed by atoms with Gasteiger partial charge in [-0.3, -0.25) is 4.79 Å². The number of halogens is 1. The predicted molar refractivity (Wildman–Crippen MR) is 346 cm³/mol. The van der Waals surface area contributed by atoms with Crippen molar-refractivity contribution in [3.63, 3.8) is 0 Å². The smallest absolute Gasteiger partial charge is 0.332 e. The van der Waals surface area contributed by atoms with Gasteiger partial charge in [0.1, 0.15) is 47.4 Å². The lowest BCUT2D eigenvalue weighted by molar-refractivity contribution is -0.154. The van der Waals surface area contributed by atoms with Crippen LogP contribution in [0.25, 0.3) is 33.4 Å². The number of carboxylic acids is 1. The molecule has 0 bridgehead atoms. The van der Waals surface area contributed by atoms with Gasteiger partial charge in [-0.1, -0.05) is 122 Å². The number of carbonyl (C=O) groups is 3. The molecule has 5 aliphatic rings. The number of carbonyl (C=O) groups excluding carboxylic acids is 2. The summed E-state index contributed by atoms with van der Waals surface area (Å²) in [5, 5.41) is 10.9. The van der Waals surface area contributed by atoms with Crippen LogP contribution in [0.2, 0.25) is 0 Å². The Balaban J connectivity index is 0.00000850. The number of ketones is 1. The quantitative estimate of drug-likeness (QED) is 0.0189. The van der Waals surface area contributed by atoms with Gasteiger partial charge in [0.05, 0.1) is 38.4 Å². The molecule has 4 heterocycles. The van der Waals surface area contributed by atoms with Gasteiger partial charge in [0.2, 0.25) is 21.1 Å². The number of anilines is 2. The summed E-state index contributed by atoms with van der Waals surface area (Å²) in [5.74, 6) is -0.351. The standard InChI is InChI=1S/C74H73N3O12S.ClH/c1-84-60-31-25-56(26-32-60)74(55-18-6-4-7-19-55,57-27-33-61(85-2)34-28-57)88-48-51(47-87-72(81)50-86-49-71(79)80)15-5-3-8-23-67(78)54-37-41-75(42-38-54)90(82,83)70-24-14-11-20-64(70)73-62-35-29-58(76-43-39-52-16-9-12-21-65(52)76)45-68(62)89-69-46-59(30-36-63(69)73)77-44-40-53-17-10-13-22-66(53)77;/h4,6-7,9-14,16-22,24-36,45-46,51,54H,3,5,8,15,23,37-44,47-50H2,1-2H3;1H. The highest BCUT2D eigenvalue weighted by atomic mass is 35.5. The maximum absolute atomic E-state index is 15.2. The monoisotopic (exact) mass is 1260 g/mol. The van der Waals surface area contributed by atoms with Crippen LogP contribution in [0, 0.1) is 11.8 Å². The van der Waals surface area contributed by atoms with E-state index in [9.17, 15) is 14.4 Å². The van der Waals surface area contributed by atoms with E-state index in [1.54, 1.807) is 30.7 Å². The van der Waals surface area contributed by atoms with Gasteiger partial charge < -0.3 is 50.5 Å². The van der Waals surface area contributed by atoms with Crippen LogP contribution in [-0.2, 0) is 57.1 Å². The normalized spacial score (nSPS) is 15.2. The summed E-state index contributed by atoms with van der Waals surface area (Å²) in [4.78, 5) is 40.5. The molecular weight excluding hydrogens is 1190 g/mol. The third-order valence-corrected chi connectivity index (χ3v) is 19.9. The molecule has 1 aliphatic carbocycles. The van der Waals surface area contributed by atoms with Crippen LogP contribution < -0.4 is 36.7 Å². The van der Waals surface area contributed by atoms with Crippen molar-refractivity contribution in [3.8, 4) is 33.9 Å². The van der Waals surface area contributed by atoms with Gasteiger partial charge >= 0.3 is 11.9 Å². The van der Waals surface area contributed by atoms with Gasteiger partial charge in [-0.2, -0.15) is 8.88 Å². The molecule has 0 radical (unpaired) electrons. The SMILES string of the molecule is COc1ccc(C(OCC(CCCCCC(=O)C2CCN(S(=O)(=O)c3ccccc3-c3c4ccc(=[N+]5CCc6ccccc65)cc-4oc4cc(N5CCc6ccccc65)ccc34)CC2)COC(=O)COCC(=O)O)(c2ccccc2)c2ccc(OC)cc2)cc1.[Cl-]. The molecule has 0 aromatic heterocycles. The maximum Gasteiger partial charge on any atom is 0.332 e. The van der Waals surface area contributed by atoms with Gasteiger partial charge in [0.25, 0.3) is 0 Å². The molecule has 1 fully saturated rings. The first kappa shape index (κ1) is 63.9. The minimum atomic E-state index is -4.06. The minimum absolute atomic E-state index is 0. The fraction of sp³-hybridized carbons (Fsp3) is 0.297. The average Bonchev–Trinajstić information content (AvgIpc) is 1.08. The third kappa shape index (κ3) is 13.7. The average molecular weight is 1260 g/mol. The van der Waals surface area contributed by atoms with Crippen LogP contribution in [0.3, 0.4) is 0 Å². The molecule has 0 saturated carbocycles. The fourth-order valence-corrected chi connectivity index (χ4v) is 14.9. The summed E-state index contributed by atoms with van der Waals surface area (Å²) in [6, 6.07) is 62.1. The molecule has 91 heavy (non-hydrogen) atoms. The van der Waals surface area contributed by atoms with Crippen molar-refractivity contribution in [2.24, 2.45) is 11.8 Å². The van der Waals surface area contributed by atoms with Crippen molar-refractivity contribution in [1.29, 1.82) is 0 Å². The Morgan fingerprint density at radius 2 is 1.34 bits per heavy atom. The number of ether oxygens (including phenoxy) is 5. The molecule has 1 atom stereocenters.